The van der Waals surface area contributed by atoms with Gasteiger partial charge in [0.25, 0.3) is 5.91 Å². The summed E-state index contributed by atoms with van der Waals surface area (Å²) in [5.74, 6) is 0.160. The van der Waals surface area contributed by atoms with Gasteiger partial charge >= 0.3 is 0 Å². The molecule has 1 aromatic carbocycles. The van der Waals surface area contributed by atoms with E-state index in [1.165, 1.54) is 24.6 Å². The first-order chi connectivity index (χ1) is 9.27. The lowest BCUT2D eigenvalue weighted by Gasteiger charge is -2.31. The summed E-state index contributed by atoms with van der Waals surface area (Å²) in [7, 11) is -3.88. The Hall–Kier alpha value is -1.11. The maximum Gasteiger partial charge on any atom is 0.251 e. The van der Waals surface area contributed by atoms with E-state index in [2.05, 4.69) is 5.32 Å². The number of sulfonamides is 1. The molecule has 1 aromatic rings. The monoisotopic (exact) mass is 316 g/mol. The topological polar surface area (TPSA) is 89.3 Å². The first-order valence-electron chi connectivity index (χ1n) is 6.41. The fourth-order valence-electron chi connectivity index (χ4n) is 2.21. The molecular weight excluding hydrogens is 300 g/mol. The van der Waals surface area contributed by atoms with E-state index >= 15 is 0 Å². The molecule has 0 saturated heterocycles. The van der Waals surface area contributed by atoms with Crippen molar-refractivity contribution in [2.75, 3.05) is 0 Å². The Morgan fingerprint density at radius 3 is 2.55 bits per heavy atom. The fourth-order valence-corrected chi connectivity index (χ4v) is 3.09. The highest BCUT2D eigenvalue weighted by Crippen LogP contribution is 2.29. The Morgan fingerprint density at radius 1 is 1.40 bits per heavy atom. The van der Waals surface area contributed by atoms with E-state index in [0.717, 1.165) is 12.8 Å². The summed E-state index contributed by atoms with van der Waals surface area (Å²) in [6.07, 6.45) is 3.41. The molecule has 1 aliphatic carbocycles. The van der Waals surface area contributed by atoms with E-state index < -0.39 is 10.0 Å². The lowest BCUT2D eigenvalue weighted by atomic mass is 9.80. The van der Waals surface area contributed by atoms with Gasteiger partial charge in [-0.2, -0.15) is 0 Å². The molecule has 1 saturated carbocycles. The van der Waals surface area contributed by atoms with E-state index in [4.69, 9.17) is 16.7 Å². The van der Waals surface area contributed by atoms with Gasteiger partial charge in [-0.1, -0.05) is 18.0 Å². The summed E-state index contributed by atoms with van der Waals surface area (Å²) < 4.78 is 22.7. The molecule has 1 amide bonds. The van der Waals surface area contributed by atoms with Gasteiger partial charge in [0.2, 0.25) is 10.0 Å². The molecule has 1 fully saturated rings. The van der Waals surface area contributed by atoms with Gasteiger partial charge in [0.05, 0.1) is 4.90 Å². The smallest absolute Gasteiger partial charge is 0.251 e. The number of hydrogen-bond acceptors (Lipinski definition) is 3. The van der Waals surface area contributed by atoms with E-state index in [1.807, 2.05) is 6.92 Å². The van der Waals surface area contributed by atoms with Crippen LogP contribution in [0.2, 0.25) is 5.02 Å². The summed E-state index contributed by atoms with van der Waals surface area (Å²) in [5.41, 5.74) is 0.202. The Labute approximate surface area is 123 Å². The molecule has 1 unspecified atom stereocenters. The van der Waals surface area contributed by atoms with Crippen LogP contribution in [0.3, 0.4) is 0 Å². The maximum atomic E-state index is 12.1. The second kappa shape index (κ2) is 5.71. The van der Waals surface area contributed by atoms with Crippen LogP contribution < -0.4 is 10.5 Å². The van der Waals surface area contributed by atoms with E-state index in [1.54, 1.807) is 0 Å². The van der Waals surface area contributed by atoms with Crippen molar-refractivity contribution in [3.8, 4) is 0 Å². The number of carbonyl (C=O) groups excluding carboxylic acids is 1. The standard InChI is InChI=1S/C13H17ClN2O3S/c1-8(9-3-2-4-9)16-13(17)10-5-11(14)7-12(6-10)20(15,18)19/h5-9H,2-4H2,1H3,(H,16,17)(H2,15,18,19). The maximum absolute atomic E-state index is 12.1. The zero-order chi connectivity index (χ0) is 14.9. The Bertz CT molecular complexity index is 627. The third-order valence-corrected chi connectivity index (χ3v) is 4.79. The van der Waals surface area contributed by atoms with Gasteiger partial charge in [-0.05, 0) is 43.9 Å². The predicted molar refractivity (Wildman–Crippen MR) is 77.1 cm³/mol. The number of benzene rings is 1. The zero-order valence-electron chi connectivity index (χ0n) is 11.1. The number of primary sulfonamides is 1. The van der Waals surface area contributed by atoms with Gasteiger partial charge in [-0.3, -0.25) is 4.79 Å². The van der Waals surface area contributed by atoms with Crippen LogP contribution in [0.5, 0.6) is 0 Å². The van der Waals surface area contributed by atoms with Crippen molar-refractivity contribution in [1.82, 2.24) is 5.32 Å². The largest absolute Gasteiger partial charge is 0.349 e. The van der Waals surface area contributed by atoms with Crippen molar-refractivity contribution in [1.29, 1.82) is 0 Å². The Kier molecular flexibility index (Phi) is 4.36. The van der Waals surface area contributed by atoms with E-state index in [9.17, 15) is 13.2 Å². The quantitative estimate of drug-likeness (QED) is 0.889. The first-order valence-corrected chi connectivity index (χ1v) is 8.34. The summed E-state index contributed by atoms with van der Waals surface area (Å²) in [6.45, 7) is 1.95. The van der Waals surface area contributed by atoms with Crippen LogP contribution in [0.1, 0.15) is 36.5 Å². The minimum Gasteiger partial charge on any atom is -0.349 e. The first kappa shape index (κ1) is 15.3. The second-order valence-electron chi connectivity index (χ2n) is 5.17. The van der Waals surface area contributed by atoms with Crippen molar-refractivity contribution < 1.29 is 13.2 Å². The van der Waals surface area contributed by atoms with Gasteiger partial charge < -0.3 is 5.32 Å². The number of carbonyl (C=O) groups is 1. The molecule has 1 aliphatic rings. The van der Waals surface area contributed by atoms with E-state index in [-0.39, 0.29) is 27.4 Å². The second-order valence-corrected chi connectivity index (χ2v) is 7.17. The lowest BCUT2D eigenvalue weighted by molar-refractivity contribution is 0.0909. The number of nitrogens with one attached hydrogen (secondary N) is 1. The summed E-state index contributed by atoms with van der Waals surface area (Å²) in [6, 6.07) is 3.96. The number of amides is 1. The van der Waals surface area contributed by atoms with Crippen LogP contribution in [-0.4, -0.2) is 20.4 Å². The van der Waals surface area contributed by atoms with Gasteiger partial charge in [0.15, 0.2) is 0 Å². The predicted octanol–water partition coefficient (Wildman–Crippen LogP) is 1.91. The minimum absolute atomic E-state index is 0.0631. The Morgan fingerprint density at radius 2 is 2.05 bits per heavy atom. The van der Waals surface area contributed by atoms with Crippen molar-refractivity contribution in [3.05, 3.63) is 28.8 Å². The molecule has 0 aliphatic heterocycles. The molecule has 0 spiro atoms. The highest BCUT2D eigenvalue weighted by molar-refractivity contribution is 7.89. The molecule has 0 heterocycles. The molecule has 20 heavy (non-hydrogen) atoms. The van der Waals surface area contributed by atoms with Crippen LogP contribution >= 0.6 is 11.6 Å². The molecule has 0 radical (unpaired) electrons. The number of rotatable bonds is 4. The highest BCUT2D eigenvalue weighted by Gasteiger charge is 2.25. The third kappa shape index (κ3) is 3.50. The zero-order valence-corrected chi connectivity index (χ0v) is 12.7. The van der Waals surface area contributed by atoms with Crippen LogP contribution in [0.25, 0.3) is 0 Å². The SMILES string of the molecule is CC(NC(=O)c1cc(Cl)cc(S(N)(=O)=O)c1)C1CCC1. The minimum atomic E-state index is -3.88. The number of halogens is 1. The molecule has 3 N–H and O–H groups in total. The normalized spacial score (nSPS) is 17.4. The molecule has 7 heteroatoms. The fraction of sp³-hybridized carbons (Fsp3) is 0.462. The average Bonchev–Trinajstić information content (AvgIpc) is 2.24. The molecule has 0 aromatic heterocycles. The number of nitrogens with two attached hydrogens (primary N) is 1. The summed E-state index contributed by atoms with van der Waals surface area (Å²) >= 11 is 5.84. The van der Waals surface area contributed by atoms with Crippen LogP contribution in [0.4, 0.5) is 0 Å². The molecule has 5 nitrogen and oxygen atoms in total. The number of hydrogen-bond donors (Lipinski definition) is 2. The van der Waals surface area contributed by atoms with Gasteiger partial charge in [0, 0.05) is 16.6 Å². The molecule has 110 valence electrons. The van der Waals surface area contributed by atoms with Crippen molar-refractivity contribution in [3.63, 3.8) is 0 Å². The van der Waals surface area contributed by atoms with Crippen molar-refractivity contribution in [2.24, 2.45) is 11.1 Å². The lowest BCUT2D eigenvalue weighted by Crippen LogP contribution is -2.40. The van der Waals surface area contributed by atoms with Gasteiger partial charge in [-0.25, -0.2) is 13.6 Å². The van der Waals surface area contributed by atoms with Crippen molar-refractivity contribution >= 4 is 27.5 Å². The summed E-state index contributed by atoms with van der Waals surface area (Å²) in [5, 5.41) is 8.09. The molecule has 1 atom stereocenters. The van der Waals surface area contributed by atoms with E-state index in [0.29, 0.717) is 5.92 Å². The van der Waals surface area contributed by atoms with Crippen LogP contribution in [0.15, 0.2) is 23.1 Å². The summed E-state index contributed by atoms with van der Waals surface area (Å²) in [4.78, 5) is 12.0. The van der Waals surface area contributed by atoms with Gasteiger partial charge in [0.1, 0.15) is 0 Å². The third-order valence-electron chi connectivity index (χ3n) is 3.68. The van der Waals surface area contributed by atoms with Gasteiger partial charge in [-0.15, -0.1) is 0 Å². The molecule has 2 rings (SSSR count). The Balaban J connectivity index is 2.19. The highest BCUT2D eigenvalue weighted by atomic mass is 35.5. The van der Waals surface area contributed by atoms with Crippen LogP contribution in [-0.2, 0) is 10.0 Å². The average molecular weight is 317 g/mol. The van der Waals surface area contributed by atoms with Crippen LogP contribution in [0, 0.1) is 5.92 Å². The molecular formula is C13H17ClN2O3S. The van der Waals surface area contributed by atoms with Crippen molar-refractivity contribution in [2.45, 2.75) is 37.1 Å². The molecule has 0 bridgehead atoms.